The summed E-state index contributed by atoms with van der Waals surface area (Å²) in [6, 6.07) is 5.76. The third kappa shape index (κ3) is 3.44. The summed E-state index contributed by atoms with van der Waals surface area (Å²) >= 11 is 1.20. The molecule has 0 saturated carbocycles. The van der Waals surface area contributed by atoms with Gasteiger partial charge in [-0.3, -0.25) is 5.14 Å². The van der Waals surface area contributed by atoms with Crippen molar-refractivity contribution in [3.05, 3.63) is 30.3 Å². The van der Waals surface area contributed by atoms with Gasteiger partial charge in [-0.1, -0.05) is 32.6 Å². The van der Waals surface area contributed by atoms with Gasteiger partial charge in [0.15, 0.2) is 0 Å². The third-order valence-electron chi connectivity index (χ3n) is 1.56. The van der Waals surface area contributed by atoms with Crippen molar-refractivity contribution in [2.75, 3.05) is 7.11 Å². The average molecular weight is 211 g/mol. The summed E-state index contributed by atoms with van der Waals surface area (Å²) < 4.78 is 5.14. The first-order chi connectivity index (χ1) is 6.81. The van der Waals surface area contributed by atoms with Gasteiger partial charge in [-0.2, -0.15) is 0 Å². The van der Waals surface area contributed by atoms with E-state index in [2.05, 4.69) is 6.58 Å². The Hall–Kier alpha value is -0.930. The van der Waals surface area contributed by atoms with E-state index < -0.39 is 0 Å². The first-order valence-electron chi connectivity index (χ1n) is 4.49. The number of nitrogens with two attached hydrogens (primary N) is 1. The van der Waals surface area contributed by atoms with E-state index >= 15 is 0 Å². The lowest BCUT2D eigenvalue weighted by Crippen LogP contribution is -1.88. The van der Waals surface area contributed by atoms with Crippen molar-refractivity contribution in [3.63, 3.8) is 0 Å². The molecule has 0 aliphatic carbocycles. The number of methoxy groups -OCH3 is 1. The molecule has 0 atom stereocenters. The van der Waals surface area contributed by atoms with E-state index in [0.29, 0.717) is 0 Å². The van der Waals surface area contributed by atoms with Crippen molar-refractivity contribution in [2.24, 2.45) is 5.14 Å². The molecule has 0 aliphatic rings. The molecule has 0 amide bonds. The van der Waals surface area contributed by atoms with E-state index in [1.54, 1.807) is 13.2 Å². The highest BCUT2D eigenvalue weighted by Gasteiger charge is 1.99. The topological polar surface area (TPSA) is 35.2 Å². The van der Waals surface area contributed by atoms with Crippen LogP contribution < -0.4 is 9.88 Å². The second kappa shape index (κ2) is 7.47. The lowest BCUT2D eigenvalue weighted by molar-refractivity contribution is 0.413. The fraction of sp³-hybridized carbons (Fsp3) is 0.273. The first-order valence-corrected chi connectivity index (χ1v) is 5.37. The van der Waals surface area contributed by atoms with Gasteiger partial charge in [0.25, 0.3) is 0 Å². The van der Waals surface area contributed by atoms with Crippen molar-refractivity contribution in [2.45, 2.75) is 18.7 Å². The summed E-state index contributed by atoms with van der Waals surface area (Å²) in [6.07, 6.45) is 1.75. The predicted octanol–water partition coefficient (Wildman–Crippen LogP) is 3.33. The van der Waals surface area contributed by atoms with Crippen molar-refractivity contribution < 1.29 is 4.74 Å². The quantitative estimate of drug-likeness (QED) is 0.779. The minimum atomic E-state index is 0.806. The number of hydrogen-bond acceptors (Lipinski definition) is 3. The minimum Gasteiger partial charge on any atom is -0.496 e. The van der Waals surface area contributed by atoms with Gasteiger partial charge in [0.05, 0.1) is 7.11 Å². The maximum Gasteiger partial charge on any atom is 0.127 e. The van der Waals surface area contributed by atoms with Crippen LogP contribution in [0.5, 0.6) is 5.75 Å². The Balaban J connectivity index is 0.000000791. The zero-order chi connectivity index (χ0) is 11.0. The van der Waals surface area contributed by atoms with Crippen molar-refractivity contribution >= 4 is 18.0 Å². The molecule has 14 heavy (non-hydrogen) atoms. The molecule has 1 aromatic carbocycles. The molecule has 0 fully saturated rings. The van der Waals surface area contributed by atoms with Crippen LogP contribution in [-0.2, 0) is 0 Å². The van der Waals surface area contributed by atoms with E-state index in [9.17, 15) is 0 Å². The van der Waals surface area contributed by atoms with Gasteiger partial charge in [0, 0.05) is 10.5 Å². The number of ether oxygens (including phenoxy) is 1. The lowest BCUT2D eigenvalue weighted by Gasteiger charge is -2.05. The number of benzene rings is 1. The highest BCUT2D eigenvalue weighted by molar-refractivity contribution is 7.97. The summed E-state index contributed by atoms with van der Waals surface area (Å²) in [5.74, 6) is 0.806. The number of rotatable bonds is 3. The highest BCUT2D eigenvalue weighted by Crippen LogP contribution is 2.24. The van der Waals surface area contributed by atoms with Crippen LogP contribution in [0.4, 0.5) is 0 Å². The monoisotopic (exact) mass is 211 g/mol. The maximum absolute atomic E-state index is 5.40. The maximum atomic E-state index is 5.40. The Kier molecular flexibility index (Phi) is 6.98. The zero-order valence-electron chi connectivity index (χ0n) is 8.91. The molecule has 0 saturated heterocycles. The number of hydrogen-bond donors (Lipinski definition) is 1. The normalized spacial score (nSPS) is 8.57. The first kappa shape index (κ1) is 13.1. The molecular formula is C11H17NOS. The van der Waals surface area contributed by atoms with Crippen molar-refractivity contribution in [3.8, 4) is 5.75 Å². The molecule has 3 heteroatoms. The summed E-state index contributed by atoms with van der Waals surface area (Å²) in [7, 11) is 1.63. The minimum absolute atomic E-state index is 0.806. The van der Waals surface area contributed by atoms with Crippen LogP contribution in [0.1, 0.15) is 19.4 Å². The standard InChI is InChI=1S/C9H11NOS.C2H6/c1-3-7-4-5-8(12-10)6-9(7)11-2;1-2/h3-6H,1,10H2,2H3;1-2H3. The smallest absolute Gasteiger partial charge is 0.127 e. The second-order valence-electron chi connectivity index (χ2n) is 2.23. The van der Waals surface area contributed by atoms with Crippen LogP contribution in [-0.4, -0.2) is 7.11 Å². The van der Waals surface area contributed by atoms with Gasteiger partial charge in [-0.15, -0.1) is 0 Å². The van der Waals surface area contributed by atoms with Crippen molar-refractivity contribution in [1.82, 2.24) is 0 Å². The Morgan fingerprint density at radius 1 is 1.43 bits per heavy atom. The van der Waals surface area contributed by atoms with Gasteiger partial charge in [-0.05, 0) is 24.1 Å². The van der Waals surface area contributed by atoms with Crippen LogP contribution in [0, 0.1) is 0 Å². The average Bonchev–Trinajstić information content (AvgIpc) is 2.30. The Labute approximate surface area is 90.3 Å². The molecule has 0 bridgehead atoms. The van der Waals surface area contributed by atoms with Gasteiger partial charge < -0.3 is 4.74 Å². The van der Waals surface area contributed by atoms with Gasteiger partial charge >= 0.3 is 0 Å². The third-order valence-corrected chi connectivity index (χ3v) is 2.09. The lowest BCUT2D eigenvalue weighted by atomic mass is 10.2. The summed E-state index contributed by atoms with van der Waals surface area (Å²) in [6.45, 7) is 7.68. The van der Waals surface area contributed by atoms with Crippen LogP contribution in [0.25, 0.3) is 6.08 Å². The largest absolute Gasteiger partial charge is 0.496 e. The summed E-state index contributed by atoms with van der Waals surface area (Å²) in [5.41, 5.74) is 0.982. The van der Waals surface area contributed by atoms with Crippen molar-refractivity contribution in [1.29, 1.82) is 0 Å². The molecule has 0 radical (unpaired) electrons. The molecule has 2 nitrogen and oxygen atoms in total. The van der Waals surface area contributed by atoms with Gasteiger partial charge in [-0.25, -0.2) is 0 Å². The van der Waals surface area contributed by atoms with Crippen LogP contribution in [0.2, 0.25) is 0 Å². The Morgan fingerprint density at radius 3 is 2.50 bits per heavy atom. The van der Waals surface area contributed by atoms with Crippen LogP contribution in [0.15, 0.2) is 29.7 Å². The SMILES string of the molecule is C=Cc1ccc(SN)cc1OC.CC. The second-order valence-corrected chi connectivity index (χ2v) is 2.93. The fourth-order valence-electron chi connectivity index (χ4n) is 0.933. The Bertz CT molecular complexity index is 287. The molecular weight excluding hydrogens is 194 g/mol. The molecule has 2 N–H and O–H groups in total. The molecule has 0 spiro atoms. The highest BCUT2D eigenvalue weighted by atomic mass is 32.2. The zero-order valence-corrected chi connectivity index (χ0v) is 9.73. The molecule has 1 aromatic rings. The summed E-state index contributed by atoms with van der Waals surface area (Å²) in [5, 5.41) is 5.40. The summed E-state index contributed by atoms with van der Waals surface area (Å²) in [4.78, 5) is 0.984. The van der Waals surface area contributed by atoms with E-state index in [0.717, 1.165) is 16.2 Å². The Morgan fingerprint density at radius 2 is 2.07 bits per heavy atom. The molecule has 78 valence electrons. The fourth-order valence-corrected chi connectivity index (χ4v) is 1.26. The van der Waals surface area contributed by atoms with Gasteiger partial charge in [0.1, 0.15) is 5.75 Å². The molecule has 0 heterocycles. The predicted molar refractivity (Wildman–Crippen MR) is 64.5 cm³/mol. The van der Waals surface area contributed by atoms with E-state index in [-0.39, 0.29) is 0 Å². The van der Waals surface area contributed by atoms with Crippen LogP contribution >= 0.6 is 11.9 Å². The van der Waals surface area contributed by atoms with Crippen LogP contribution in [0.3, 0.4) is 0 Å². The van der Waals surface area contributed by atoms with Gasteiger partial charge in [0.2, 0.25) is 0 Å². The van der Waals surface area contributed by atoms with E-state index in [1.165, 1.54) is 11.9 Å². The molecule has 0 aromatic heterocycles. The molecule has 0 unspecified atom stereocenters. The molecule has 1 rings (SSSR count). The van der Waals surface area contributed by atoms with E-state index in [1.807, 2.05) is 32.0 Å². The molecule has 0 aliphatic heterocycles. The van der Waals surface area contributed by atoms with E-state index in [4.69, 9.17) is 9.88 Å².